The van der Waals surface area contributed by atoms with E-state index >= 15 is 0 Å². The van der Waals surface area contributed by atoms with Gasteiger partial charge in [-0.25, -0.2) is 0 Å². The fourth-order valence-corrected chi connectivity index (χ4v) is 1.43. The lowest BCUT2D eigenvalue weighted by atomic mass is 10.1. The van der Waals surface area contributed by atoms with Crippen LogP contribution in [0.4, 0.5) is 0 Å². The Balaban J connectivity index is 2.37. The van der Waals surface area contributed by atoms with Crippen molar-refractivity contribution in [1.29, 1.82) is 0 Å². The van der Waals surface area contributed by atoms with E-state index in [0.717, 1.165) is 11.1 Å². The average Bonchev–Trinajstić information content (AvgIpc) is 2.66. The number of carbonyl (C=O) groups excluding carboxylic acids is 1. The number of carbonyl (C=O) groups is 1. The van der Waals surface area contributed by atoms with E-state index in [1.54, 1.807) is 6.20 Å². The fourth-order valence-electron chi connectivity index (χ4n) is 1.43. The maximum Gasteiger partial charge on any atom is 0.308 e. The molecule has 3 heteroatoms. The highest BCUT2D eigenvalue weighted by Crippen LogP contribution is 2.29. The molecule has 2 rings (SSSR count). The van der Waals surface area contributed by atoms with Gasteiger partial charge in [-0.2, -0.15) is 0 Å². The van der Waals surface area contributed by atoms with Gasteiger partial charge in [-0.15, -0.1) is 0 Å². The minimum atomic E-state index is -0.313. The number of hydrogen-bond acceptors (Lipinski definition) is 2. The van der Waals surface area contributed by atoms with E-state index in [9.17, 15) is 4.79 Å². The van der Waals surface area contributed by atoms with Crippen LogP contribution >= 0.6 is 0 Å². The zero-order chi connectivity index (χ0) is 10.7. The van der Waals surface area contributed by atoms with E-state index < -0.39 is 0 Å². The smallest absolute Gasteiger partial charge is 0.308 e. The lowest BCUT2D eigenvalue weighted by Gasteiger charge is -2.02. The molecule has 0 spiro atoms. The zero-order valence-corrected chi connectivity index (χ0v) is 8.36. The molecule has 1 heterocycles. The number of rotatable bonds is 2. The minimum absolute atomic E-state index is 0.313. The van der Waals surface area contributed by atoms with Gasteiger partial charge in [0.15, 0.2) is 5.75 Å². The lowest BCUT2D eigenvalue weighted by molar-refractivity contribution is -0.131. The molecule has 0 fully saturated rings. The van der Waals surface area contributed by atoms with E-state index in [1.165, 1.54) is 6.92 Å². The molecular weight excluding hydrogens is 190 g/mol. The van der Waals surface area contributed by atoms with Crippen molar-refractivity contribution < 1.29 is 9.53 Å². The third-order valence-corrected chi connectivity index (χ3v) is 2.05. The van der Waals surface area contributed by atoms with E-state index in [1.807, 2.05) is 36.5 Å². The second-order valence-electron chi connectivity index (χ2n) is 3.19. The van der Waals surface area contributed by atoms with Crippen LogP contribution in [0.5, 0.6) is 5.75 Å². The number of aromatic amines is 1. The molecule has 1 N–H and O–H groups in total. The van der Waals surface area contributed by atoms with Crippen LogP contribution < -0.4 is 4.74 Å². The number of nitrogens with one attached hydrogen (secondary N) is 1. The standard InChI is InChI=1S/C12H11NO2/c1-9(14)15-12-8-13-7-11(12)10-5-3-2-4-6-10/h2-8,13H,1H3. The monoisotopic (exact) mass is 201 g/mol. The van der Waals surface area contributed by atoms with Crippen LogP contribution in [0.2, 0.25) is 0 Å². The molecule has 2 aromatic rings. The van der Waals surface area contributed by atoms with Gasteiger partial charge in [0.25, 0.3) is 0 Å². The summed E-state index contributed by atoms with van der Waals surface area (Å²) in [5.41, 5.74) is 1.92. The van der Waals surface area contributed by atoms with Crippen LogP contribution in [0.15, 0.2) is 42.7 Å². The van der Waals surface area contributed by atoms with E-state index in [0.29, 0.717) is 5.75 Å². The second kappa shape index (κ2) is 4.00. The van der Waals surface area contributed by atoms with Gasteiger partial charge in [-0.05, 0) is 5.56 Å². The van der Waals surface area contributed by atoms with E-state index in [-0.39, 0.29) is 5.97 Å². The normalized spacial score (nSPS) is 9.93. The van der Waals surface area contributed by atoms with Crippen molar-refractivity contribution in [3.8, 4) is 16.9 Å². The molecule has 1 aromatic heterocycles. The third-order valence-electron chi connectivity index (χ3n) is 2.05. The number of aromatic nitrogens is 1. The number of benzene rings is 1. The summed E-state index contributed by atoms with van der Waals surface area (Å²) in [6, 6.07) is 9.77. The molecule has 1 aromatic carbocycles. The van der Waals surface area contributed by atoms with Gasteiger partial charge < -0.3 is 9.72 Å². The topological polar surface area (TPSA) is 42.1 Å². The van der Waals surface area contributed by atoms with Crippen molar-refractivity contribution in [3.63, 3.8) is 0 Å². The first-order valence-electron chi connectivity index (χ1n) is 4.68. The third kappa shape index (κ3) is 2.07. The van der Waals surface area contributed by atoms with Crippen LogP contribution in [-0.4, -0.2) is 11.0 Å². The summed E-state index contributed by atoms with van der Waals surface area (Å²) >= 11 is 0. The second-order valence-corrected chi connectivity index (χ2v) is 3.19. The van der Waals surface area contributed by atoms with Crippen LogP contribution in [0, 0.1) is 0 Å². The van der Waals surface area contributed by atoms with Crippen LogP contribution in [0.1, 0.15) is 6.92 Å². The summed E-state index contributed by atoms with van der Waals surface area (Å²) in [7, 11) is 0. The number of H-pyrrole nitrogens is 1. The fraction of sp³-hybridized carbons (Fsp3) is 0.0833. The molecule has 0 saturated carbocycles. The highest BCUT2D eigenvalue weighted by atomic mass is 16.5. The molecule has 0 unspecified atom stereocenters. The van der Waals surface area contributed by atoms with Crippen molar-refractivity contribution in [1.82, 2.24) is 4.98 Å². The molecular formula is C12H11NO2. The summed E-state index contributed by atoms with van der Waals surface area (Å²) in [6.45, 7) is 1.39. The molecule has 0 bridgehead atoms. The van der Waals surface area contributed by atoms with Gasteiger partial charge in [0.1, 0.15) is 0 Å². The van der Waals surface area contributed by atoms with Crippen molar-refractivity contribution >= 4 is 5.97 Å². The van der Waals surface area contributed by atoms with Crippen LogP contribution in [0.3, 0.4) is 0 Å². The van der Waals surface area contributed by atoms with Crippen molar-refractivity contribution in [3.05, 3.63) is 42.7 Å². The summed E-state index contributed by atoms with van der Waals surface area (Å²) in [6.07, 6.45) is 3.48. The summed E-state index contributed by atoms with van der Waals surface area (Å²) in [5.74, 6) is 0.250. The Morgan fingerprint density at radius 3 is 2.60 bits per heavy atom. The highest BCUT2D eigenvalue weighted by Gasteiger charge is 2.08. The Morgan fingerprint density at radius 1 is 1.20 bits per heavy atom. The Bertz CT molecular complexity index is 459. The maximum atomic E-state index is 10.9. The molecule has 0 aliphatic heterocycles. The molecule has 0 atom stereocenters. The summed E-state index contributed by atoms with van der Waals surface area (Å²) < 4.78 is 5.07. The largest absolute Gasteiger partial charge is 0.424 e. The molecule has 0 aliphatic rings. The van der Waals surface area contributed by atoms with Crippen molar-refractivity contribution in [2.24, 2.45) is 0 Å². The van der Waals surface area contributed by atoms with Crippen molar-refractivity contribution in [2.75, 3.05) is 0 Å². The average molecular weight is 201 g/mol. The number of esters is 1. The molecule has 0 saturated heterocycles. The quantitative estimate of drug-likeness (QED) is 0.759. The van der Waals surface area contributed by atoms with Gasteiger partial charge in [-0.1, -0.05) is 30.3 Å². The minimum Gasteiger partial charge on any atom is -0.424 e. The molecule has 0 amide bonds. The Kier molecular flexibility index (Phi) is 2.54. The number of ether oxygens (including phenoxy) is 1. The molecule has 0 aliphatic carbocycles. The van der Waals surface area contributed by atoms with E-state index in [2.05, 4.69) is 4.98 Å². The predicted octanol–water partition coefficient (Wildman–Crippen LogP) is 2.61. The first kappa shape index (κ1) is 9.52. The molecule has 3 nitrogen and oxygen atoms in total. The van der Waals surface area contributed by atoms with Crippen LogP contribution in [-0.2, 0) is 4.79 Å². The van der Waals surface area contributed by atoms with Gasteiger partial charge in [0.05, 0.1) is 0 Å². The molecule has 15 heavy (non-hydrogen) atoms. The lowest BCUT2D eigenvalue weighted by Crippen LogP contribution is -2.01. The summed E-state index contributed by atoms with van der Waals surface area (Å²) in [4.78, 5) is 13.8. The van der Waals surface area contributed by atoms with Crippen LogP contribution in [0.25, 0.3) is 11.1 Å². The Hall–Kier alpha value is -2.03. The van der Waals surface area contributed by atoms with Gasteiger partial charge in [-0.3, -0.25) is 4.79 Å². The predicted molar refractivity (Wildman–Crippen MR) is 57.5 cm³/mol. The Morgan fingerprint density at radius 2 is 1.93 bits per heavy atom. The van der Waals surface area contributed by atoms with Crippen molar-refractivity contribution in [2.45, 2.75) is 6.92 Å². The van der Waals surface area contributed by atoms with E-state index in [4.69, 9.17) is 4.74 Å². The molecule has 76 valence electrons. The first-order valence-corrected chi connectivity index (χ1v) is 4.68. The zero-order valence-electron chi connectivity index (χ0n) is 8.36. The maximum absolute atomic E-state index is 10.9. The summed E-state index contributed by atoms with van der Waals surface area (Å²) in [5, 5.41) is 0. The van der Waals surface area contributed by atoms with Gasteiger partial charge in [0, 0.05) is 24.9 Å². The highest BCUT2D eigenvalue weighted by molar-refractivity contribution is 5.76. The molecule has 0 radical (unpaired) electrons. The van der Waals surface area contributed by atoms with Gasteiger partial charge in [0.2, 0.25) is 0 Å². The SMILES string of the molecule is CC(=O)Oc1c[nH]cc1-c1ccccc1. The Labute approximate surface area is 87.7 Å². The van der Waals surface area contributed by atoms with Gasteiger partial charge >= 0.3 is 5.97 Å². The number of hydrogen-bond donors (Lipinski definition) is 1. The first-order chi connectivity index (χ1) is 7.27.